The van der Waals surface area contributed by atoms with Gasteiger partial charge in [0.25, 0.3) is 0 Å². The number of rotatable bonds is 3. The minimum absolute atomic E-state index is 0.104. The molecule has 2 aliphatic heterocycles. The quantitative estimate of drug-likeness (QED) is 0.741. The van der Waals surface area contributed by atoms with Crippen LogP contribution in [-0.4, -0.2) is 49.6 Å². The number of carbonyl (C=O) groups excluding carboxylic acids is 2. The van der Waals surface area contributed by atoms with Crippen molar-refractivity contribution >= 4 is 11.9 Å². The number of hydrogen-bond donors (Lipinski definition) is 1. The number of ether oxygens (including phenoxy) is 1. The first-order valence-electron chi connectivity index (χ1n) is 6.56. The van der Waals surface area contributed by atoms with Gasteiger partial charge in [-0.15, -0.1) is 0 Å². The van der Waals surface area contributed by atoms with Crippen LogP contribution in [0.2, 0.25) is 0 Å². The lowest BCUT2D eigenvalue weighted by Gasteiger charge is -2.39. The number of piperidine rings is 1. The van der Waals surface area contributed by atoms with Gasteiger partial charge in [0.05, 0.1) is 18.4 Å². The van der Waals surface area contributed by atoms with E-state index in [4.69, 9.17) is 4.74 Å². The largest absolute Gasteiger partial charge is 0.469 e. The molecule has 0 aromatic heterocycles. The van der Waals surface area contributed by atoms with Crippen molar-refractivity contribution < 1.29 is 14.3 Å². The minimum Gasteiger partial charge on any atom is -0.469 e. The maximum atomic E-state index is 11.7. The normalized spacial score (nSPS) is 28.7. The van der Waals surface area contributed by atoms with Crippen LogP contribution >= 0.6 is 0 Å². The molecule has 0 aromatic carbocycles. The Bertz CT molecular complexity index is 354. The van der Waals surface area contributed by atoms with Gasteiger partial charge in [-0.1, -0.05) is 0 Å². The van der Waals surface area contributed by atoms with Crippen LogP contribution in [0.15, 0.2) is 0 Å². The van der Waals surface area contributed by atoms with Gasteiger partial charge >= 0.3 is 5.97 Å². The highest BCUT2D eigenvalue weighted by molar-refractivity contribution is 5.82. The number of amides is 1. The maximum absolute atomic E-state index is 11.7. The van der Waals surface area contributed by atoms with E-state index < -0.39 is 5.41 Å². The van der Waals surface area contributed by atoms with Crippen LogP contribution in [0.25, 0.3) is 0 Å². The van der Waals surface area contributed by atoms with E-state index in [2.05, 4.69) is 10.2 Å². The van der Waals surface area contributed by atoms with Gasteiger partial charge in [-0.2, -0.15) is 0 Å². The maximum Gasteiger partial charge on any atom is 0.312 e. The first kappa shape index (κ1) is 13.3. The highest BCUT2D eigenvalue weighted by Gasteiger charge is 2.43. The molecule has 2 heterocycles. The molecular formula is C13H22N2O3. The Balaban J connectivity index is 2.05. The predicted molar refractivity (Wildman–Crippen MR) is 66.9 cm³/mol. The summed E-state index contributed by atoms with van der Waals surface area (Å²) in [5.74, 6) is 0.0784. The van der Waals surface area contributed by atoms with Gasteiger partial charge in [-0.05, 0) is 33.2 Å². The molecule has 0 aliphatic carbocycles. The molecule has 0 radical (unpaired) electrons. The molecule has 5 nitrogen and oxygen atoms in total. The van der Waals surface area contributed by atoms with E-state index in [-0.39, 0.29) is 23.8 Å². The number of methoxy groups -OCH3 is 1. The van der Waals surface area contributed by atoms with Crippen LogP contribution in [0.3, 0.4) is 0 Å². The van der Waals surface area contributed by atoms with Crippen molar-refractivity contribution in [2.24, 2.45) is 11.3 Å². The van der Waals surface area contributed by atoms with Crippen molar-refractivity contribution in [3.8, 4) is 0 Å². The fraction of sp³-hybridized carbons (Fsp3) is 0.846. The van der Waals surface area contributed by atoms with Gasteiger partial charge in [0.15, 0.2) is 0 Å². The van der Waals surface area contributed by atoms with Crippen molar-refractivity contribution in [2.75, 3.05) is 26.7 Å². The highest BCUT2D eigenvalue weighted by atomic mass is 16.5. The van der Waals surface area contributed by atoms with Crippen molar-refractivity contribution in [3.05, 3.63) is 0 Å². The highest BCUT2D eigenvalue weighted by Crippen LogP contribution is 2.30. The first-order valence-corrected chi connectivity index (χ1v) is 6.56. The number of fused-ring (bicyclic) bond motifs is 1. The second-order valence-corrected chi connectivity index (χ2v) is 5.91. The molecule has 2 rings (SSSR count). The molecule has 2 atom stereocenters. The van der Waals surface area contributed by atoms with E-state index in [9.17, 15) is 9.59 Å². The number of nitrogens with one attached hydrogen (secondary N) is 1. The van der Waals surface area contributed by atoms with Gasteiger partial charge in [0, 0.05) is 19.1 Å². The monoisotopic (exact) mass is 254 g/mol. The Morgan fingerprint density at radius 2 is 2.28 bits per heavy atom. The molecule has 18 heavy (non-hydrogen) atoms. The topological polar surface area (TPSA) is 58.6 Å². The van der Waals surface area contributed by atoms with E-state index in [0.29, 0.717) is 13.1 Å². The van der Waals surface area contributed by atoms with Gasteiger partial charge in [0.1, 0.15) is 0 Å². The van der Waals surface area contributed by atoms with E-state index in [1.807, 2.05) is 13.8 Å². The van der Waals surface area contributed by atoms with Crippen molar-refractivity contribution in [2.45, 2.75) is 32.7 Å². The number of carbonyl (C=O) groups is 2. The molecule has 0 aromatic rings. The number of hydrogen-bond acceptors (Lipinski definition) is 4. The van der Waals surface area contributed by atoms with E-state index in [1.165, 1.54) is 7.11 Å². The summed E-state index contributed by atoms with van der Waals surface area (Å²) in [6.07, 6.45) is 1.98. The number of nitrogens with zero attached hydrogens (tertiary/aromatic N) is 1. The second kappa shape index (κ2) is 4.88. The fourth-order valence-electron chi connectivity index (χ4n) is 3.09. The third-order valence-electron chi connectivity index (χ3n) is 4.05. The lowest BCUT2D eigenvalue weighted by molar-refractivity contribution is -0.152. The van der Waals surface area contributed by atoms with Crippen molar-refractivity contribution in [1.29, 1.82) is 0 Å². The zero-order chi connectivity index (χ0) is 13.3. The number of esters is 1. The van der Waals surface area contributed by atoms with E-state index >= 15 is 0 Å². The van der Waals surface area contributed by atoms with E-state index in [1.54, 1.807) is 0 Å². The molecule has 5 heteroatoms. The summed E-state index contributed by atoms with van der Waals surface area (Å²) < 4.78 is 4.84. The second-order valence-electron chi connectivity index (χ2n) is 5.91. The Morgan fingerprint density at radius 1 is 1.56 bits per heavy atom. The molecule has 2 fully saturated rings. The van der Waals surface area contributed by atoms with Gasteiger partial charge in [-0.3, -0.25) is 14.5 Å². The van der Waals surface area contributed by atoms with Crippen LogP contribution < -0.4 is 5.32 Å². The van der Waals surface area contributed by atoms with Crippen LogP contribution in [0.1, 0.15) is 26.7 Å². The van der Waals surface area contributed by atoms with Crippen LogP contribution in [0, 0.1) is 11.3 Å². The van der Waals surface area contributed by atoms with Crippen molar-refractivity contribution in [3.63, 3.8) is 0 Å². The lowest BCUT2D eigenvalue weighted by Crippen LogP contribution is -2.50. The third kappa shape index (κ3) is 2.36. The molecule has 0 saturated carbocycles. The van der Waals surface area contributed by atoms with Gasteiger partial charge in [-0.25, -0.2) is 0 Å². The first-order chi connectivity index (χ1) is 8.45. The average Bonchev–Trinajstić information content (AvgIpc) is 2.71. The van der Waals surface area contributed by atoms with Crippen molar-refractivity contribution in [1.82, 2.24) is 10.2 Å². The zero-order valence-corrected chi connectivity index (χ0v) is 11.4. The predicted octanol–water partition coefficient (Wildman–Crippen LogP) is 0.396. The summed E-state index contributed by atoms with van der Waals surface area (Å²) in [6, 6.07) is 0.246. The smallest absolute Gasteiger partial charge is 0.312 e. The van der Waals surface area contributed by atoms with E-state index in [0.717, 1.165) is 19.4 Å². The van der Waals surface area contributed by atoms with Crippen LogP contribution in [-0.2, 0) is 14.3 Å². The summed E-state index contributed by atoms with van der Waals surface area (Å²) in [5.41, 5.74) is -0.526. The molecule has 0 bridgehead atoms. The van der Waals surface area contributed by atoms with Gasteiger partial charge < -0.3 is 10.1 Å². The Kier molecular flexibility index (Phi) is 3.61. The van der Waals surface area contributed by atoms with Crippen LogP contribution in [0.4, 0.5) is 0 Å². The minimum atomic E-state index is -0.526. The SMILES string of the molecule is COC(=O)C(C)(C)CN1CCCC2C(=O)NCC21. The van der Waals surface area contributed by atoms with Crippen LogP contribution in [0.5, 0.6) is 0 Å². The number of likely N-dealkylation sites (tertiary alicyclic amines) is 1. The molecule has 1 amide bonds. The lowest BCUT2D eigenvalue weighted by atomic mass is 9.87. The Morgan fingerprint density at radius 3 is 2.94 bits per heavy atom. The standard InChI is InChI=1S/C13H22N2O3/c1-13(2,12(17)18-3)8-15-6-4-5-9-10(15)7-14-11(9)16/h9-10H,4-8H2,1-3H3,(H,14,16). The molecule has 2 aliphatic rings. The zero-order valence-electron chi connectivity index (χ0n) is 11.4. The summed E-state index contributed by atoms with van der Waals surface area (Å²) in [5, 5.41) is 2.92. The Labute approximate surface area is 108 Å². The molecule has 2 saturated heterocycles. The molecular weight excluding hydrogens is 232 g/mol. The molecule has 0 spiro atoms. The molecule has 1 N–H and O–H groups in total. The third-order valence-corrected chi connectivity index (χ3v) is 4.05. The summed E-state index contributed by atoms with van der Waals surface area (Å²) in [6.45, 7) is 6.10. The average molecular weight is 254 g/mol. The Hall–Kier alpha value is -1.10. The summed E-state index contributed by atoms with van der Waals surface area (Å²) in [7, 11) is 1.42. The molecule has 2 unspecified atom stereocenters. The fourth-order valence-corrected chi connectivity index (χ4v) is 3.09. The van der Waals surface area contributed by atoms with Gasteiger partial charge in [0.2, 0.25) is 5.91 Å². The summed E-state index contributed by atoms with van der Waals surface area (Å²) >= 11 is 0. The summed E-state index contributed by atoms with van der Waals surface area (Å²) in [4.78, 5) is 25.7. The molecule has 102 valence electrons.